The Morgan fingerprint density at radius 3 is 2.44 bits per heavy atom. The zero-order valence-electron chi connectivity index (χ0n) is 10.2. The lowest BCUT2D eigenvalue weighted by molar-refractivity contribution is 0.0235. The Morgan fingerprint density at radius 1 is 1.11 bits per heavy atom. The predicted octanol–water partition coefficient (Wildman–Crippen LogP) is 2.63. The van der Waals surface area contributed by atoms with Crippen molar-refractivity contribution >= 4 is 0 Å². The standard InChI is InChI=1S/C15H16N2O/c18-14(13-11-16-9-10-17-13)15(7-4-8-15)12-5-2-1-3-6-12/h1-3,5-6,9-11,14,18H,4,7-8H2. The van der Waals surface area contributed by atoms with Crippen LogP contribution in [0.4, 0.5) is 0 Å². The summed E-state index contributed by atoms with van der Waals surface area (Å²) in [5.74, 6) is 0. The van der Waals surface area contributed by atoms with Gasteiger partial charge in [0.1, 0.15) is 6.10 Å². The molecular formula is C15H16N2O. The largest absolute Gasteiger partial charge is 0.386 e. The number of benzene rings is 1. The Labute approximate surface area is 107 Å². The normalized spacial score (nSPS) is 18.9. The molecule has 0 radical (unpaired) electrons. The molecule has 1 aromatic heterocycles. The van der Waals surface area contributed by atoms with E-state index in [4.69, 9.17) is 0 Å². The van der Waals surface area contributed by atoms with Crippen LogP contribution in [0.1, 0.15) is 36.6 Å². The third-order valence-corrected chi connectivity index (χ3v) is 3.98. The number of aromatic nitrogens is 2. The lowest BCUT2D eigenvalue weighted by Gasteiger charge is -2.45. The summed E-state index contributed by atoms with van der Waals surface area (Å²) in [6.07, 6.45) is 7.54. The molecule has 1 unspecified atom stereocenters. The summed E-state index contributed by atoms with van der Waals surface area (Å²) in [5, 5.41) is 10.6. The van der Waals surface area contributed by atoms with Gasteiger partial charge in [-0.3, -0.25) is 9.97 Å². The number of aliphatic hydroxyl groups is 1. The average molecular weight is 240 g/mol. The van der Waals surface area contributed by atoms with Crippen molar-refractivity contribution < 1.29 is 5.11 Å². The molecule has 3 nitrogen and oxygen atoms in total. The zero-order valence-corrected chi connectivity index (χ0v) is 10.2. The van der Waals surface area contributed by atoms with Gasteiger partial charge in [-0.25, -0.2) is 0 Å². The third-order valence-electron chi connectivity index (χ3n) is 3.98. The average Bonchev–Trinajstić information content (AvgIpc) is 2.40. The van der Waals surface area contributed by atoms with E-state index >= 15 is 0 Å². The Morgan fingerprint density at radius 2 is 1.89 bits per heavy atom. The second-order valence-electron chi connectivity index (χ2n) is 4.91. The van der Waals surface area contributed by atoms with Gasteiger partial charge in [0.15, 0.2) is 0 Å². The fourth-order valence-corrected chi connectivity index (χ4v) is 2.78. The molecule has 0 spiro atoms. The SMILES string of the molecule is OC(c1cnccn1)C1(c2ccccc2)CCC1. The third kappa shape index (κ3) is 1.71. The first-order chi connectivity index (χ1) is 8.83. The van der Waals surface area contributed by atoms with Gasteiger partial charge in [0.25, 0.3) is 0 Å². The first kappa shape index (κ1) is 11.4. The zero-order chi connectivity index (χ0) is 12.4. The quantitative estimate of drug-likeness (QED) is 0.897. The van der Waals surface area contributed by atoms with Crippen LogP contribution < -0.4 is 0 Å². The van der Waals surface area contributed by atoms with Gasteiger partial charge in [-0.15, -0.1) is 0 Å². The maximum Gasteiger partial charge on any atom is 0.107 e. The van der Waals surface area contributed by atoms with Gasteiger partial charge in [-0.1, -0.05) is 36.8 Å². The molecule has 0 saturated heterocycles. The molecule has 1 aliphatic carbocycles. The molecule has 1 N–H and O–H groups in total. The molecule has 1 fully saturated rings. The van der Waals surface area contributed by atoms with Crippen molar-refractivity contribution in [3.63, 3.8) is 0 Å². The van der Waals surface area contributed by atoms with E-state index < -0.39 is 6.10 Å². The molecule has 1 atom stereocenters. The highest BCUT2D eigenvalue weighted by Gasteiger charge is 2.46. The summed E-state index contributed by atoms with van der Waals surface area (Å²) in [6.45, 7) is 0. The number of hydrogen-bond donors (Lipinski definition) is 1. The van der Waals surface area contributed by atoms with Crippen molar-refractivity contribution in [2.75, 3.05) is 0 Å². The molecule has 92 valence electrons. The van der Waals surface area contributed by atoms with E-state index in [1.165, 1.54) is 5.56 Å². The lowest BCUT2D eigenvalue weighted by atomic mass is 9.60. The van der Waals surface area contributed by atoms with Crippen molar-refractivity contribution in [1.82, 2.24) is 9.97 Å². The summed E-state index contributed by atoms with van der Waals surface area (Å²) in [7, 11) is 0. The van der Waals surface area contributed by atoms with E-state index in [2.05, 4.69) is 22.1 Å². The first-order valence-electron chi connectivity index (χ1n) is 6.32. The molecule has 1 aliphatic rings. The molecule has 0 amide bonds. The van der Waals surface area contributed by atoms with Crippen molar-refractivity contribution in [3.8, 4) is 0 Å². The van der Waals surface area contributed by atoms with Crippen LogP contribution in [0.5, 0.6) is 0 Å². The minimum atomic E-state index is -0.567. The fraction of sp³-hybridized carbons (Fsp3) is 0.333. The van der Waals surface area contributed by atoms with Crippen LogP contribution in [0.25, 0.3) is 0 Å². The van der Waals surface area contributed by atoms with Crippen LogP contribution in [-0.4, -0.2) is 15.1 Å². The fourth-order valence-electron chi connectivity index (χ4n) is 2.78. The smallest absolute Gasteiger partial charge is 0.107 e. The molecule has 0 bridgehead atoms. The summed E-state index contributed by atoms with van der Waals surface area (Å²) >= 11 is 0. The molecule has 0 aliphatic heterocycles. The first-order valence-corrected chi connectivity index (χ1v) is 6.32. The van der Waals surface area contributed by atoms with Crippen LogP contribution in [0.3, 0.4) is 0 Å². The molecule has 18 heavy (non-hydrogen) atoms. The second-order valence-corrected chi connectivity index (χ2v) is 4.91. The van der Waals surface area contributed by atoms with Gasteiger partial charge in [0.05, 0.1) is 11.9 Å². The molecule has 1 aromatic carbocycles. The van der Waals surface area contributed by atoms with Crippen molar-refractivity contribution in [2.24, 2.45) is 0 Å². The van der Waals surface area contributed by atoms with Gasteiger partial charge < -0.3 is 5.11 Å². The highest BCUT2D eigenvalue weighted by Crippen LogP contribution is 2.51. The Kier molecular flexibility index (Phi) is 2.84. The van der Waals surface area contributed by atoms with Crippen molar-refractivity contribution in [1.29, 1.82) is 0 Å². The summed E-state index contributed by atoms with van der Waals surface area (Å²) in [4.78, 5) is 8.29. The highest BCUT2D eigenvalue weighted by atomic mass is 16.3. The van der Waals surface area contributed by atoms with Crippen molar-refractivity contribution in [2.45, 2.75) is 30.8 Å². The van der Waals surface area contributed by atoms with E-state index in [0.29, 0.717) is 5.69 Å². The Hall–Kier alpha value is -1.74. The maximum atomic E-state index is 10.6. The topological polar surface area (TPSA) is 46.0 Å². The van der Waals surface area contributed by atoms with E-state index in [1.54, 1.807) is 18.6 Å². The maximum absolute atomic E-state index is 10.6. The van der Waals surface area contributed by atoms with E-state index in [0.717, 1.165) is 19.3 Å². The second kappa shape index (κ2) is 4.50. The van der Waals surface area contributed by atoms with E-state index in [9.17, 15) is 5.11 Å². The monoisotopic (exact) mass is 240 g/mol. The van der Waals surface area contributed by atoms with Crippen molar-refractivity contribution in [3.05, 3.63) is 60.2 Å². The van der Waals surface area contributed by atoms with E-state index in [1.807, 2.05) is 18.2 Å². The van der Waals surface area contributed by atoms with Gasteiger partial charge in [0, 0.05) is 17.8 Å². The highest BCUT2D eigenvalue weighted by molar-refractivity contribution is 5.31. The summed E-state index contributed by atoms with van der Waals surface area (Å²) < 4.78 is 0. The number of hydrogen-bond acceptors (Lipinski definition) is 3. The van der Waals surface area contributed by atoms with E-state index in [-0.39, 0.29) is 5.41 Å². The van der Waals surface area contributed by atoms with Gasteiger partial charge in [0.2, 0.25) is 0 Å². The minimum Gasteiger partial charge on any atom is -0.386 e. The van der Waals surface area contributed by atoms with Gasteiger partial charge in [-0.2, -0.15) is 0 Å². The van der Waals surface area contributed by atoms with Gasteiger partial charge >= 0.3 is 0 Å². The molecule has 3 heteroatoms. The van der Waals surface area contributed by atoms with Crippen LogP contribution in [0, 0.1) is 0 Å². The lowest BCUT2D eigenvalue weighted by Crippen LogP contribution is -2.40. The number of nitrogens with zero attached hydrogens (tertiary/aromatic N) is 2. The van der Waals surface area contributed by atoms with Crippen LogP contribution in [-0.2, 0) is 5.41 Å². The number of aliphatic hydroxyl groups excluding tert-OH is 1. The Bertz CT molecular complexity index is 509. The minimum absolute atomic E-state index is 0.169. The van der Waals surface area contributed by atoms with Crippen LogP contribution in [0.2, 0.25) is 0 Å². The van der Waals surface area contributed by atoms with Crippen LogP contribution >= 0.6 is 0 Å². The Balaban J connectivity index is 1.98. The number of rotatable bonds is 3. The molecule has 1 saturated carbocycles. The van der Waals surface area contributed by atoms with Crippen LogP contribution in [0.15, 0.2) is 48.9 Å². The van der Waals surface area contributed by atoms with Gasteiger partial charge in [-0.05, 0) is 18.4 Å². The molecule has 3 rings (SSSR count). The predicted molar refractivity (Wildman–Crippen MR) is 69.0 cm³/mol. The summed E-state index contributed by atoms with van der Waals surface area (Å²) in [5.41, 5.74) is 1.70. The molecule has 2 aromatic rings. The summed E-state index contributed by atoms with van der Waals surface area (Å²) in [6, 6.07) is 10.2. The molecular weight excluding hydrogens is 224 g/mol. The molecule has 1 heterocycles.